The predicted octanol–water partition coefficient (Wildman–Crippen LogP) is 3.05. The highest BCUT2D eigenvalue weighted by Crippen LogP contribution is 2.36. The molecular weight excluding hydrogens is 298 g/mol. The van der Waals surface area contributed by atoms with Crippen molar-refractivity contribution in [2.75, 3.05) is 0 Å². The van der Waals surface area contributed by atoms with Gasteiger partial charge >= 0.3 is 5.97 Å². The van der Waals surface area contributed by atoms with Crippen molar-refractivity contribution in [2.45, 2.75) is 6.42 Å². The molecule has 0 amide bonds. The molecule has 0 bridgehead atoms. The summed E-state index contributed by atoms with van der Waals surface area (Å²) in [4.78, 5) is 11.0. The van der Waals surface area contributed by atoms with E-state index in [2.05, 4.69) is 5.16 Å². The first-order valence-electron chi connectivity index (χ1n) is 6.84. The third-order valence-electron chi connectivity index (χ3n) is 3.37. The summed E-state index contributed by atoms with van der Waals surface area (Å²) in [5.41, 5.74) is 2.40. The number of phenolic OH excluding ortho intramolecular Hbond substituents is 2. The number of aromatic hydroxyl groups is 2. The van der Waals surface area contributed by atoms with Gasteiger partial charge in [0.15, 0.2) is 5.76 Å². The lowest BCUT2D eigenvalue weighted by molar-refractivity contribution is -0.136. The maximum absolute atomic E-state index is 11.0. The number of aromatic nitrogens is 1. The Labute approximate surface area is 131 Å². The van der Waals surface area contributed by atoms with Gasteiger partial charge in [-0.25, -0.2) is 0 Å². The number of hydrogen-bond donors (Lipinski definition) is 3. The van der Waals surface area contributed by atoms with Crippen LogP contribution in [0.4, 0.5) is 0 Å². The van der Waals surface area contributed by atoms with Crippen molar-refractivity contribution in [3.63, 3.8) is 0 Å². The average Bonchev–Trinajstić information content (AvgIpc) is 2.92. The second-order valence-corrected chi connectivity index (χ2v) is 4.99. The van der Waals surface area contributed by atoms with E-state index in [1.165, 1.54) is 24.3 Å². The highest BCUT2D eigenvalue weighted by Gasteiger charge is 2.21. The van der Waals surface area contributed by atoms with Gasteiger partial charge in [-0.1, -0.05) is 17.3 Å². The number of carbonyl (C=O) groups is 1. The van der Waals surface area contributed by atoms with Gasteiger partial charge in [-0.3, -0.25) is 4.79 Å². The summed E-state index contributed by atoms with van der Waals surface area (Å²) in [6, 6.07) is 12.7. The summed E-state index contributed by atoms with van der Waals surface area (Å²) in [6.07, 6.45) is -0.304. The molecule has 116 valence electrons. The molecule has 3 N–H and O–H groups in total. The number of carboxylic acids is 1. The summed E-state index contributed by atoms with van der Waals surface area (Å²) in [5.74, 6) is -0.574. The van der Waals surface area contributed by atoms with Crippen LogP contribution in [0.15, 0.2) is 53.1 Å². The maximum Gasteiger partial charge on any atom is 0.311 e. The number of carboxylic acid groups (broad SMARTS) is 1. The smallest absolute Gasteiger partial charge is 0.311 e. The fourth-order valence-electron chi connectivity index (χ4n) is 2.32. The van der Waals surface area contributed by atoms with E-state index in [0.29, 0.717) is 22.4 Å². The normalized spacial score (nSPS) is 10.6. The zero-order valence-electron chi connectivity index (χ0n) is 11.9. The zero-order valence-corrected chi connectivity index (χ0v) is 11.9. The average molecular weight is 311 g/mol. The summed E-state index contributed by atoms with van der Waals surface area (Å²) in [7, 11) is 0. The largest absolute Gasteiger partial charge is 0.508 e. The molecule has 6 heteroatoms. The molecule has 3 aromatic rings. The Bertz CT molecular complexity index is 834. The maximum atomic E-state index is 11.0. The molecule has 0 atom stereocenters. The van der Waals surface area contributed by atoms with Crippen LogP contribution in [-0.2, 0) is 11.2 Å². The molecule has 0 aliphatic heterocycles. The van der Waals surface area contributed by atoms with Crippen LogP contribution >= 0.6 is 0 Å². The van der Waals surface area contributed by atoms with Crippen molar-refractivity contribution in [2.24, 2.45) is 0 Å². The van der Waals surface area contributed by atoms with Crippen LogP contribution in [0.5, 0.6) is 11.5 Å². The lowest BCUT2D eigenvalue weighted by atomic mass is 9.98. The monoisotopic (exact) mass is 311 g/mol. The van der Waals surface area contributed by atoms with Crippen molar-refractivity contribution >= 4 is 5.97 Å². The molecule has 0 unspecified atom stereocenters. The number of phenols is 2. The summed E-state index contributed by atoms with van der Waals surface area (Å²) in [5, 5.41) is 31.8. The minimum atomic E-state index is -1.03. The van der Waals surface area contributed by atoms with E-state index in [1.54, 1.807) is 24.3 Å². The fourth-order valence-corrected chi connectivity index (χ4v) is 2.32. The van der Waals surface area contributed by atoms with Crippen LogP contribution in [0.3, 0.4) is 0 Å². The molecule has 0 saturated heterocycles. The molecule has 6 nitrogen and oxygen atoms in total. The Hall–Kier alpha value is -3.28. The molecule has 0 fully saturated rings. The van der Waals surface area contributed by atoms with Gasteiger partial charge in [0.1, 0.15) is 23.6 Å². The van der Waals surface area contributed by atoms with Crippen LogP contribution < -0.4 is 0 Å². The third-order valence-corrected chi connectivity index (χ3v) is 3.37. The van der Waals surface area contributed by atoms with E-state index in [9.17, 15) is 15.0 Å². The molecule has 0 saturated carbocycles. The second kappa shape index (κ2) is 5.84. The van der Waals surface area contributed by atoms with Gasteiger partial charge in [0.25, 0.3) is 0 Å². The van der Waals surface area contributed by atoms with E-state index < -0.39 is 5.97 Å². The van der Waals surface area contributed by atoms with Crippen molar-refractivity contribution < 1.29 is 24.6 Å². The van der Waals surface area contributed by atoms with Crippen molar-refractivity contribution in [3.8, 4) is 33.9 Å². The van der Waals surface area contributed by atoms with Crippen LogP contribution in [0, 0.1) is 0 Å². The number of hydrogen-bond acceptors (Lipinski definition) is 5. The number of aliphatic carboxylic acids is 1. The van der Waals surface area contributed by atoms with Crippen LogP contribution in [-0.4, -0.2) is 26.4 Å². The Kier molecular flexibility index (Phi) is 3.72. The number of rotatable bonds is 4. The number of benzene rings is 2. The molecule has 23 heavy (non-hydrogen) atoms. The van der Waals surface area contributed by atoms with Gasteiger partial charge in [0.05, 0.1) is 5.56 Å². The Morgan fingerprint density at radius 1 is 0.913 bits per heavy atom. The van der Waals surface area contributed by atoms with Gasteiger partial charge in [-0.05, 0) is 42.0 Å². The second-order valence-electron chi connectivity index (χ2n) is 4.99. The summed E-state index contributed by atoms with van der Waals surface area (Å²) in [6.45, 7) is 0. The van der Waals surface area contributed by atoms with E-state index >= 15 is 0 Å². The molecule has 1 aromatic heterocycles. The highest BCUT2D eigenvalue weighted by molar-refractivity contribution is 5.84. The quantitative estimate of drug-likeness (QED) is 0.684. The zero-order chi connectivity index (χ0) is 16.4. The van der Waals surface area contributed by atoms with Crippen molar-refractivity contribution in [3.05, 3.63) is 54.3 Å². The van der Waals surface area contributed by atoms with E-state index in [-0.39, 0.29) is 23.7 Å². The number of nitrogens with zero attached hydrogens (tertiary/aromatic N) is 1. The van der Waals surface area contributed by atoms with Gasteiger partial charge in [-0.2, -0.15) is 0 Å². The molecule has 2 aromatic carbocycles. The van der Waals surface area contributed by atoms with Crippen LogP contribution in [0.1, 0.15) is 5.76 Å². The van der Waals surface area contributed by atoms with Gasteiger partial charge < -0.3 is 19.8 Å². The lowest BCUT2D eigenvalue weighted by Crippen LogP contribution is -2.00. The van der Waals surface area contributed by atoms with E-state index in [1.807, 2.05) is 0 Å². The fraction of sp³-hybridized carbons (Fsp3) is 0.0588. The minimum absolute atomic E-state index is 0.108. The molecule has 1 heterocycles. The van der Waals surface area contributed by atoms with Crippen LogP contribution in [0.25, 0.3) is 22.4 Å². The van der Waals surface area contributed by atoms with Gasteiger partial charge in [0, 0.05) is 5.56 Å². The lowest BCUT2D eigenvalue weighted by Gasteiger charge is -2.05. The first-order valence-corrected chi connectivity index (χ1v) is 6.84. The predicted molar refractivity (Wildman–Crippen MR) is 82.0 cm³/mol. The Balaban J connectivity index is 2.16. The van der Waals surface area contributed by atoms with Crippen molar-refractivity contribution in [1.82, 2.24) is 5.16 Å². The molecule has 0 spiro atoms. The first kappa shape index (κ1) is 14.6. The standard InChI is InChI=1S/C17H13NO5/c19-12-5-1-10(2-6-12)16-14(9-15(21)22)23-18-17(16)11-3-7-13(20)8-4-11/h1-8,19-20H,9H2,(H,21,22). The molecule has 0 aliphatic rings. The van der Waals surface area contributed by atoms with E-state index in [4.69, 9.17) is 9.63 Å². The Morgan fingerprint density at radius 3 is 1.96 bits per heavy atom. The van der Waals surface area contributed by atoms with E-state index in [0.717, 1.165) is 0 Å². The molecule has 3 rings (SSSR count). The third kappa shape index (κ3) is 3.01. The molecule has 0 aliphatic carbocycles. The van der Waals surface area contributed by atoms with Gasteiger partial charge in [0.2, 0.25) is 0 Å². The molecular formula is C17H13NO5. The SMILES string of the molecule is O=C(O)Cc1onc(-c2ccc(O)cc2)c1-c1ccc(O)cc1. The van der Waals surface area contributed by atoms with Crippen LogP contribution in [0.2, 0.25) is 0 Å². The molecule has 0 radical (unpaired) electrons. The topological polar surface area (TPSA) is 104 Å². The summed E-state index contributed by atoms with van der Waals surface area (Å²) >= 11 is 0. The van der Waals surface area contributed by atoms with Gasteiger partial charge in [-0.15, -0.1) is 0 Å². The van der Waals surface area contributed by atoms with Crippen molar-refractivity contribution in [1.29, 1.82) is 0 Å². The minimum Gasteiger partial charge on any atom is -0.508 e. The first-order chi connectivity index (χ1) is 11.0. The highest BCUT2D eigenvalue weighted by atomic mass is 16.5. The summed E-state index contributed by atoms with van der Waals surface area (Å²) < 4.78 is 5.22. The Morgan fingerprint density at radius 2 is 1.43 bits per heavy atom.